The van der Waals surface area contributed by atoms with Crippen molar-refractivity contribution in [1.82, 2.24) is 0 Å². The maximum atomic E-state index is 11.6. The van der Waals surface area contributed by atoms with Crippen molar-refractivity contribution in [3.05, 3.63) is 54.6 Å². The molecule has 2 amide bonds. The van der Waals surface area contributed by atoms with Gasteiger partial charge in [-0.2, -0.15) is 0 Å². The highest BCUT2D eigenvalue weighted by molar-refractivity contribution is 5.89. The first-order valence-electron chi connectivity index (χ1n) is 6.05. The standard InChI is InChI=1S/C15H14N2O3/c1-11(18)16-13-7-9-14(10-8-13)20-15(19)17-12-5-3-2-4-6-12/h2-10H,1H3,(H,16,18)(H,17,19). The molecule has 5 heteroatoms. The van der Waals surface area contributed by atoms with Gasteiger partial charge in [-0.3, -0.25) is 10.1 Å². The van der Waals surface area contributed by atoms with Gasteiger partial charge in [-0.1, -0.05) is 18.2 Å². The third kappa shape index (κ3) is 4.13. The maximum absolute atomic E-state index is 11.6. The van der Waals surface area contributed by atoms with Crippen LogP contribution in [0, 0.1) is 0 Å². The van der Waals surface area contributed by atoms with E-state index in [1.165, 1.54) is 6.92 Å². The normalized spacial score (nSPS) is 9.65. The van der Waals surface area contributed by atoms with Gasteiger partial charge in [0.15, 0.2) is 0 Å². The predicted molar refractivity (Wildman–Crippen MR) is 76.8 cm³/mol. The van der Waals surface area contributed by atoms with E-state index >= 15 is 0 Å². The van der Waals surface area contributed by atoms with Crippen LogP contribution in [0.1, 0.15) is 6.92 Å². The molecule has 2 aromatic carbocycles. The molecule has 0 spiro atoms. The lowest BCUT2D eigenvalue weighted by Gasteiger charge is -2.07. The van der Waals surface area contributed by atoms with Crippen molar-refractivity contribution in [2.24, 2.45) is 0 Å². The lowest BCUT2D eigenvalue weighted by molar-refractivity contribution is -0.114. The van der Waals surface area contributed by atoms with Crippen LogP contribution in [-0.4, -0.2) is 12.0 Å². The van der Waals surface area contributed by atoms with Gasteiger partial charge in [0.1, 0.15) is 5.75 Å². The first kappa shape index (κ1) is 13.6. The van der Waals surface area contributed by atoms with E-state index in [1.807, 2.05) is 18.2 Å². The van der Waals surface area contributed by atoms with E-state index in [1.54, 1.807) is 36.4 Å². The van der Waals surface area contributed by atoms with E-state index in [9.17, 15) is 9.59 Å². The maximum Gasteiger partial charge on any atom is 0.417 e. The molecule has 0 radical (unpaired) electrons. The van der Waals surface area contributed by atoms with Crippen LogP contribution >= 0.6 is 0 Å². The van der Waals surface area contributed by atoms with Crippen molar-refractivity contribution in [2.45, 2.75) is 6.92 Å². The van der Waals surface area contributed by atoms with Crippen LogP contribution in [0.2, 0.25) is 0 Å². The molecule has 2 N–H and O–H groups in total. The zero-order chi connectivity index (χ0) is 14.4. The average Bonchev–Trinajstić information content (AvgIpc) is 2.41. The number of hydrogen-bond acceptors (Lipinski definition) is 3. The molecule has 102 valence electrons. The molecule has 2 rings (SSSR count). The highest BCUT2D eigenvalue weighted by Gasteiger charge is 2.05. The summed E-state index contributed by atoms with van der Waals surface area (Å²) in [5.74, 6) is 0.244. The number of benzene rings is 2. The van der Waals surface area contributed by atoms with Gasteiger partial charge >= 0.3 is 6.09 Å². The summed E-state index contributed by atoms with van der Waals surface area (Å²) in [6.07, 6.45) is -0.566. The minimum atomic E-state index is -0.566. The summed E-state index contributed by atoms with van der Waals surface area (Å²) in [6, 6.07) is 15.6. The van der Waals surface area contributed by atoms with Gasteiger partial charge in [0.25, 0.3) is 0 Å². The van der Waals surface area contributed by atoms with E-state index in [2.05, 4.69) is 10.6 Å². The molecular formula is C15H14N2O3. The van der Waals surface area contributed by atoms with E-state index < -0.39 is 6.09 Å². The molecule has 0 unspecified atom stereocenters. The van der Waals surface area contributed by atoms with Gasteiger partial charge in [-0.05, 0) is 36.4 Å². The fourth-order valence-electron chi connectivity index (χ4n) is 1.58. The molecule has 0 aliphatic rings. The second kappa shape index (κ2) is 6.38. The van der Waals surface area contributed by atoms with Crippen LogP contribution in [0.15, 0.2) is 54.6 Å². The summed E-state index contributed by atoms with van der Waals surface area (Å²) in [4.78, 5) is 22.5. The molecular weight excluding hydrogens is 256 g/mol. The molecule has 0 saturated carbocycles. The third-order valence-electron chi connectivity index (χ3n) is 2.41. The fourth-order valence-corrected chi connectivity index (χ4v) is 1.58. The minimum absolute atomic E-state index is 0.152. The number of ether oxygens (including phenoxy) is 1. The largest absolute Gasteiger partial charge is 0.417 e. The van der Waals surface area contributed by atoms with Gasteiger partial charge < -0.3 is 10.1 Å². The zero-order valence-corrected chi connectivity index (χ0v) is 10.9. The van der Waals surface area contributed by atoms with Gasteiger partial charge in [0.2, 0.25) is 5.91 Å². The number of para-hydroxylation sites is 1. The molecule has 0 heterocycles. The van der Waals surface area contributed by atoms with Crippen molar-refractivity contribution in [3.63, 3.8) is 0 Å². The predicted octanol–water partition coefficient (Wildman–Crippen LogP) is 3.26. The second-order valence-corrected chi connectivity index (χ2v) is 4.09. The molecule has 0 bridgehead atoms. The average molecular weight is 270 g/mol. The zero-order valence-electron chi connectivity index (χ0n) is 10.9. The number of hydrogen-bond donors (Lipinski definition) is 2. The van der Waals surface area contributed by atoms with Crippen LogP contribution in [-0.2, 0) is 4.79 Å². The Labute approximate surface area is 116 Å². The van der Waals surface area contributed by atoms with Crippen molar-refractivity contribution >= 4 is 23.4 Å². The van der Waals surface area contributed by atoms with Crippen molar-refractivity contribution in [2.75, 3.05) is 10.6 Å². The minimum Gasteiger partial charge on any atom is -0.410 e. The van der Waals surface area contributed by atoms with Crippen LogP contribution in [0.25, 0.3) is 0 Å². The second-order valence-electron chi connectivity index (χ2n) is 4.09. The van der Waals surface area contributed by atoms with Gasteiger partial charge in [0, 0.05) is 18.3 Å². The number of nitrogens with one attached hydrogen (secondary N) is 2. The highest BCUT2D eigenvalue weighted by atomic mass is 16.6. The summed E-state index contributed by atoms with van der Waals surface area (Å²) in [6.45, 7) is 1.43. The van der Waals surface area contributed by atoms with E-state index in [0.717, 1.165) is 0 Å². The number of amides is 2. The lowest BCUT2D eigenvalue weighted by atomic mass is 10.3. The molecule has 0 atom stereocenters. The fraction of sp³-hybridized carbons (Fsp3) is 0.0667. The smallest absolute Gasteiger partial charge is 0.410 e. The molecule has 20 heavy (non-hydrogen) atoms. The Balaban J connectivity index is 1.93. The molecule has 0 aliphatic carbocycles. The quantitative estimate of drug-likeness (QED) is 0.899. The Morgan fingerprint density at radius 1 is 0.850 bits per heavy atom. The van der Waals surface area contributed by atoms with Gasteiger partial charge in [0.05, 0.1) is 0 Å². The van der Waals surface area contributed by atoms with Crippen LogP contribution < -0.4 is 15.4 Å². The Hall–Kier alpha value is -2.82. The molecule has 5 nitrogen and oxygen atoms in total. The van der Waals surface area contributed by atoms with Gasteiger partial charge in [-0.15, -0.1) is 0 Å². The molecule has 0 aromatic heterocycles. The molecule has 0 aliphatic heterocycles. The molecule has 2 aromatic rings. The number of rotatable bonds is 3. The first-order valence-corrected chi connectivity index (χ1v) is 6.05. The van der Waals surface area contributed by atoms with Crippen LogP contribution in [0.4, 0.5) is 16.2 Å². The third-order valence-corrected chi connectivity index (χ3v) is 2.41. The van der Waals surface area contributed by atoms with E-state index in [0.29, 0.717) is 17.1 Å². The van der Waals surface area contributed by atoms with Gasteiger partial charge in [-0.25, -0.2) is 4.79 Å². The Morgan fingerprint density at radius 2 is 1.45 bits per heavy atom. The summed E-state index contributed by atoms with van der Waals surface area (Å²) >= 11 is 0. The summed E-state index contributed by atoms with van der Waals surface area (Å²) in [7, 11) is 0. The summed E-state index contributed by atoms with van der Waals surface area (Å²) in [5, 5.41) is 5.24. The Kier molecular flexibility index (Phi) is 4.34. The van der Waals surface area contributed by atoms with Crippen molar-refractivity contribution in [3.8, 4) is 5.75 Å². The summed E-state index contributed by atoms with van der Waals surface area (Å²) in [5.41, 5.74) is 1.31. The highest BCUT2D eigenvalue weighted by Crippen LogP contribution is 2.16. The monoisotopic (exact) mass is 270 g/mol. The molecule has 0 fully saturated rings. The van der Waals surface area contributed by atoms with Crippen LogP contribution in [0.3, 0.4) is 0 Å². The SMILES string of the molecule is CC(=O)Nc1ccc(OC(=O)Nc2ccccc2)cc1. The Bertz CT molecular complexity index is 594. The topological polar surface area (TPSA) is 67.4 Å². The van der Waals surface area contributed by atoms with Crippen molar-refractivity contribution in [1.29, 1.82) is 0 Å². The number of anilines is 2. The Morgan fingerprint density at radius 3 is 2.05 bits per heavy atom. The van der Waals surface area contributed by atoms with E-state index in [4.69, 9.17) is 4.74 Å². The number of carbonyl (C=O) groups is 2. The first-order chi connectivity index (χ1) is 9.63. The van der Waals surface area contributed by atoms with Crippen LogP contribution in [0.5, 0.6) is 5.75 Å². The van der Waals surface area contributed by atoms with Crippen molar-refractivity contribution < 1.29 is 14.3 Å². The molecule has 0 saturated heterocycles. The number of carbonyl (C=O) groups excluding carboxylic acids is 2. The summed E-state index contributed by atoms with van der Waals surface area (Å²) < 4.78 is 5.12. The van der Waals surface area contributed by atoms with E-state index in [-0.39, 0.29) is 5.91 Å². The lowest BCUT2D eigenvalue weighted by Crippen LogP contribution is -2.16.